The minimum absolute atomic E-state index is 0. The summed E-state index contributed by atoms with van der Waals surface area (Å²) in [6.07, 6.45) is 1.65. The Balaban J connectivity index is 0.00000192. The highest BCUT2D eigenvalue weighted by atomic mass is 35.5. The Morgan fingerprint density at radius 3 is 2.70 bits per heavy atom. The molecule has 0 unspecified atom stereocenters. The van der Waals surface area contributed by atoms with Gasteiger partial charge in [-0.05, 0) is 38.1 Å². The van der Waals surface area contributed by atoms with E-state index in [4.69, 9.17) is 11.6 Å². The molecular weight excluding hydrogens is 335 g/mol. The van der Waals surface area contributed by atoms with Crippen LogP contribution in [0.2, 0.25) is 5.02 Å². The van der Waals surface area contributed by atoms with E-state index in [9.17, 15) is 4.79 Å². The summed E-state index contributed by atoms with van der Waals surface area (Å²) in [6, 6.07) is 7.61. The third kappa shape index (κ3) is 3.52. The van der Waals surface area contributed by atoms with Crippen molar-refractivity contribution in [1.29, 1.82) is 0 Å². The van der Waals surface area contributed by atoms with E-state index in [1.165, 1.54) is 0 Å². The fraction of sp³-hybridized carbons (Fsp3) is 0.375. The molecule has 0 radical (unpaired) electrons. The van der Waals surface area contributed by atoms with Crippen LogP contribution in [-0.2, 0) is 0 Å². The average Bonchev–Trinajstić information content (AvgIpc) is 2.90. The fourth-order valence-corrected chi connectivity index (χ4v) is 2.89. The van der Waals surface area contributed by atoms with Gasteiger partial charge in [-0.15, -0.1) is 12.4 Å². The van der Waals surface area contributed by atoms with Crippen LogP contribution in [0.5, 0.6) is 0 Å². The van der Waals surface area contributed by atoms with Gasteiger partial charge in [-0.2, -0.15) is 5.10 Å². The molecule has 1 fully saturated rings. The van der Waals surface area contributed by atoms with E-state index in [0.29, 0.717) is 10.6 Å². The molecule has 1 atom stereocenters. The van der Waals surface area contributed by atoms with Gasteiger partial charge in [-0.25, -0.2) is 4.68 Å². The second-order valence-electron chi connectivity index (χ2n) is 5.58. The molecule has 124 valence electrons. The minimum atomic E-state index is 0. The van der Waals surface area contributed by atoms with Crippen LogP contribution < -0.4 is 5.32 Å². The SMILES string of the molecule is Cc1c(C(=O)N2CCNC[C@H]2C)cnn1-c1ccc(Cl)cc1.Cl. The van der Waals surface area contributed by atoms with Gasteiger partial charge in [0, 0.05) is 30.7 Å². The molecule has 0 aliphatic carbocycles. The maximum Gasteiger partial charge on any atom is 0.257 e. The molecule has 1 aliphatic heterocycles. The highest BCUT2D eigenvalue weighted by Gasteiger charge is 2.26. The lowest BCUT2D eigenvalue weighted by Crippen LogP contribution is -2.52. The molecule has 1 amide bonds. The van der Waals surface area contributed by atoms with Crippen molar-refractivity contribution in [3.63, 3.8) is 0 Å². The largest absolute Gasteiger partial charge is 0.333 e. The molecule has 5 nitrogen and oxygen atoms in total. The number of carbonyl (C=O) groups is 1. The van der Waals surface area contributed by atoms with Crippen LogP contribution in [0.3, 0.4) is 0 Å². The summed E-state index contributed by atoms with van der Waals surface area (Å²) in [4.78, 5) is 14.7. The van der Waals surface area contributed by atoms with E-state index < -0.39 is 0 Å². The van der Waals surface area contributed by atoms with Gasteiger partial charge in [-0.1, -0.05) is 11.6 Å². The Hall–Kier alpha value is -1.56. The van der Waals surface area contributed by atoms with Crippen LogP contribution in [0.25, 0.3) is 5.69 Å². The number of hydrogen-bond donors (Lipinski definition) is 1. The Morgan fingerprint density at radius 1 is 1.35 bits per heavy atom. The first-order valence-electron chi connectivity index (χ1n) is 7.40. The van der Waals surface area contributed by atoms with Gasteiger partial charge >= 0.3 is 0 Å². The van der Waals surface area contributed by atoms with Crippen LogP contribution in [0.15, 0.2) is 30.5 Å². The first-order chi connectivity index (χ1) is 10.6. The molecule has 1 aliphatic rings. The topological polar surface area (TPSA) is 50.2 Å². The highest BCUT2D eigenvalue weighted by Crippen LogP contribution is 2.19. The molecule has 7 heteroatoms. The van der Waals surface area contributed by atoms with Crippen molar-refractivity contribution < 1.29 is 4.79 Å². The monoisotopic (exact) mass is 354 g/mol. The van der Waals surface area contributed by atoms with E-state index in [2.05, 4.69) is 17.3 Å². The maximum absolute atomic E-state index is 12.8. The molecule has 3 rings (SSSR count). The van der Waals surface area contributed by atoms with Crippen LogP contribution in [-0.4, -0.2) is 46.3 Å². The molecule has 0 saturated carbocycles. The number of aromatic nitrogens is 2. The van der Waals surface area contributed by atoms with E-state index >= 15 is 0 Å². The first kappa shape index (κ1) is 17.8. The molecule has 1 N–H and O–H groups in total. The molecular formula is C16H20Cl2N4O. The number of rotatable bonds is 2. The van der Waals surface area contributed by atoms with E-state index in [-0.39, 0.29) is 24.4 Å². The number of hydrogen-bond acceptors (Lipinski definition) is 3. The second kappa shape index (κ2) is 7.34. The number of halogens is 2. The summed E-state index contributed by atoms with van der Waals surface area (Å²) in [5, 5.41) is 8.34. The molecule has 0 spiro atoms. The van der Waals surface area contributed by atoms with Gasteiger partial charge in [0.15, 0.2) is 0 Å². The van der Waals surface area contributed by atoms with Gasteiger partial charge in [0.25, 0.3) is 5.91 Å². The third-order valence-electron chi connectivity index (χ3n) is 4.07. The third-order valence-corrected chi connectivity index (χ3v) is 4.33. The number of piperazine rings is 1. The number of nitrogens with zero attached hydrogens (tertiary/aromatic N) is 3. The average molecular weight is 355 g/mol. The molecule has 2 aromatic rings. The zero-order valence-corrected chi connectivity index (χ0v) is 14.7. The van der Waals surface area contributed by atoms with Crippen molar-refractivity contribution in [3.05, 3.63) is 46.7 Å². The fourth-order valence-electron chi connectivity index (χ4n) is 2.76. The Kier molecular flexibility index (Phi) is 5.68. The van der Waals surface area contributed by atoms with E-state index in [0.717, 1.165) is 31.0 Å². The Bertz CT molecular complexity index is 684. The van der Waals surface area contributed by atoms with Crippen molar-refractivity contribution in [2.45, 2.75) is 19.9 Å². The predicted molar refractivity (Wildman–Crippen MR) is 93.9 cm³/mol. The zero-order chi connectivity index (χ0) is 15.7. The van der Waals surface area contributed by atoms with Gasteiger partial charge in [0.1, 0.15) is 0 Å². The quantitative estimate of drug-likeness (QED) is 0.901. The summed E-state index contributed by atoms with van der Waals surface area (Å²) >= 11 is 5.92. The number of amides is 1. The predicted octanol–water partition coefficient (Wildman–Crippen LogP) is 2.69. The van der Waals surface area contributed by atoms with Crippen LogP contribution in [0, 0.1) is 6.92 Å². The van der Waals surface area contributed by atoms with E-state index in [1.807, 2.05) is 36.1 Å². The standard InChI is InChI=1S/C16H19ClN4O.ClH/c1-11-9-18-7-8-20(11)16(22)15-10-19-21(12(15)2)14-5-3-13(17)4-6-14;/h3-6,10-11,18H,7-9H2,1-2H3;1H/t11-;/m1./s1. The van der Waals surface area contributed by atoms with Crippen molar-refractivity contribution in [1.82, 2.24) is 20.0 Å². The summed E-state index contributed by atoms with van der Waals surface area (Å²) in [6.45, 7) is 6.37. The van der Waals surface area contributed by atoms with Crippen molar-refractivity contribution in [2.75, 3.05) is 19.6 Å². The maximum atomic E-state index is 12.8. The molecule has 23 heavy (non-hydrogen) atoms. The number of nitrogens with one attached hydrogen (secondary N) is 1. The molecule has 2 heterocycles. The zero-order valence-electron chi connectivity index (χ0n) is 13.1. The smallest absolute Gasteiger partial charge is 0.257 e. The second-order valence-corrected chi connectivity index (χ2v) is 6.02. The summed E-state index contributed by atoms with van der Waals surface area (Å²) in [5.74, 6) is 0.0479. The lowest BCUT2D eigenvalue weighted by Gasteiger charge is -2.33. The number of carbonyl (C=O) groups excluding carboxylic acids is 1. The van der Waals surface area contributed by atoms with Gasteiger partial charge in [0.05, 0.1) is 23.1 Å². The van der Waals surface area contributed by atoms with Crippen LogP contribution in [0.1, 0.15) is 23.0 Å². The minimum Gasteiger partial charge on any atom is -0.333 e. The molecule has 1 saturated heterocycles. The molecule has 1 aromatic carbocycles. The van der Waals surface area contributed by atoms with Crippen molar-refractivity contribution >= 4 is 29.9 Å². The van der Waals surface area contributed by atoms with Crippen LogP contribution >= 0.6 is 24.0 Å². The lowest BCUT2D eigenvalue weighted by atomic mass is 10.1. The van der Waals surface area contributed by atoms with Gasteiger partial charge in [0.2, 0.25) is 0 Å². The Morgan fingerprint density at radius 2 is 2.04 bits per heavy atom. The lowest BCUT2D eigenvalue weighted by molar-refractivity contribution is 0.0655. The molecule has 1 aromatic heterocycles. The molecule has 0 bridgehead atoms. The van der Waals surface area contributed by atoms with Gasteiger partial charge in [-0.3, -0.25) is 4.79 Å². The first-order valence-corrected chi connectivity index (χ1v) is 7.78. The van der Waals surface area contributed by atoms with Crippen molar-refractivity contribution in [2.24, 2.45) is 0 Å². The Labute approximate surface area is 147 Å². The normalized spacial score (nSPS) is 17.7. The summed E-state index contributed by atoms with van der Waals surface area (Å²) in [5.41, 5.74) is 2.40. The van der Waals surface area contributed by atoms with Crippen molar-refractivity contribution in [3.8, 4) is 5.69 Å². The summed E-state index contributed by atoms with van der Waals surface area (Å²) < 4.78 is 1.77. The summed E-state index contributed by atoms with van der Waals surface area (Å²) in [7, 11) is 0. The highest BCUT2D eigenvalue weighted by molar-refractivity contribution is 6.30. The van der Waals surface area contributed by atoms with Crippen LogP contribution in [0.4, 0.5) is 0 Å². The van der Waals surface area contributed by atoms with Gasteiger partial charge < -0.3 is 10.2 Å². The van der Waals surface area contributed by atoms with E-state index in [1.54, 1.807) is 10.9 Å². The number of benzene rings is 1.